The van der Waals surface area contributed by atoms with Gasteiger partial charge in [0.1, 0.15) is 11.6 Å². The van der Waals surface area contributed by atoms with E-state index in [4.69, 9.17) is 15.0 Å². The number of nitrogens with zero attached hydrogens (tertiary/aromatic N) is 5. The molecule has 0 saturated carbocycles. The molecule has 7 heteroatoms. The number of rotatable bonds is 6. The molecular formula is C51H31F2N5. The summed E-state index contributed by atoms with van der Waals surface area (Å²) in [5.41, 5.74) is 10.5. The molecule has 3 aromatic heterocycles. The van der Waals surface area contributed by atoms with Crippen molar-refractivity contribution in [2.24, 2.45) is 0 Å². The van der Waals surface area contributed by atoms with Gasteiger partial charge in [-0.1, -0.05) is 140 Å². The van der Waals surface area contributed by atoms with E-state index in [2.05, 4.69) is 88.0 Å². The van der Waals surface area contributed by atoms with Gasteiger partial charge in [0.2, 0.25) is 5.95 Å². The molecular weight excluding hydrogens is 721 g/mol. The molecule has 0 fully saturated rings. The maximum Gasteiger partial charge on any atom is 0.238 e. The van der Waals surface area contributed by atoms with Crippen molar-refractivity contribution in [2.75, 3.05) is 0 Å². The zero-order valence-corrected chi connectivity index (χ0v) is 30.9. The summed E-state index contributed by atoms with van der Waals surface area (Å²) in [6, 6.07) is 60.8. The summed E-state index contributed by atoms with van der Waals surface area (Å²) in [4.78, 5) is 15.6. The third-order valence-corrected chi connectivity index (χ3v) is 10.9. The molecule has 11 aromatic rings. The Hall–Kier alpha value is -7.77. The van der Waals surface area contributed by atoms with Gasteiger partial charge in [0, 0.05) is 38.4 Å². The summed E-state index contributed by atoms with van der Waals surface area (Å²) in [5.74, 6) is 0.948. The van der Waals surface area contributed by atoms with Gasteiger partial charge in [0.15, 0.2) is 11.6 Å². The highest BCUT2D eigenvalue weighted by molar-refractivity contribution is 6.23. The lowest BCUT2D eigenvalue weighted by molar-refractivity contribution is 0.627. The minimum absolute atomic E-state index is 0.275. The lowest BCUT2D eigenvalue weighted by atomic mass is 10.0. The number of hydrogen-bond donors (Lipinski definition) is 0. The monoisotopic (exact) mass is 751 g/mol. The average Bonchev–Trinajstić information content (AvgIpc) is 3.80. The van der Waals surface area contributed by atoms with Crippen molar-refractivity contribution in [1.82, 2.24) is 24.1 Å². The number of benzene rings is 8. The van der Waals surface area contributed by atoms with Crippen LogP contribution in [0.3, 0.4) is 0 Å². The molecule has 5 nitrogen and oxygen atoms in total. The topological polar surface area (TPSA) is 48.5 Å². The fourth-order valence-corrected chi connectivity index (χ4v) is 8.18. The van der Waals surface area contributed by atoms with E-state index < -0.39 is 0 Å². The maximum absolute atomic E-state index is 13.7. The summed E-state index contributed by atoms with van der Waals surface area (Å²) >= 11 is 0. The zero-order valence-electron chi connectivity index (χ0n) is 30.9. The minimum Gasteiger partial charge on any atom is -0.307 e. The standard InChI is InChI=1S/C51H31F2N5/c52-38-26-22-34(23-27-38)32-14-18-36(19-15-32)49-54-50(37-20-16-33(17-21-37)35-24-28-39(53)29-25-35)56-51(55-49)58-46-13-7-5-11-42(46)44-31-30-43-41-10-4-6-12-45(41)57(47(43)48(44)58)40-8-2-1-3-9-40/h1-31H. The van der Waals surface area contributed by atoms with Crippen LogP contribution in [0.1, 0.15) is 0 Å². The highest BCUT2D eigenvalue weighted by Gasteiger charge is 2.23. The Balaban J connectivity index is 1.18. The SMILES string of the molecule is Fc1ccc(-c2ccc(-c3nc(-c4ccc(-c5ccc(F)cc5)cc4)nc(-n4c5ccccc5c5ccc6c7ccccc7n(-c7ccccc7)c6c54)n3)cc2)cc1. The van der Waals surface area contributed by atoms with Crippen LogP contribution in [0.25, 0.3) is 100 Å². The number of halogens is 2. The number of aromatic nitrogens is 5. The molecule has 0 aliphatic heterocycles. The normalized spacial score (nSPS) is 11.6. The highest BCUT2D eigenvalue weighted by Crippen LogP contribution is 2.41. The second kappa shape index (κ2) is 13.5. The van der Waals surface area contributed by atoms with Gasteiger partial charge in [0.25, 0.3) is 0 Å². The van der Waals surface area contributed by atoms with E-state index >= 15 is 0 Å². The van der Waals surface area contributed by atoms with E-state index in [0.29, 0.717) is 17.6 Å². The predicted octanol–water partition coefficient (Wildman–Crippen LogP) is 13.0. The second-order valence-corrected chi connectivity index (χ2v) is 14.3. The van der Waals surface area contributed by atoms with Gasteiger partial charge in [-0.3, -0.25) is 4.57 Å². The summed E-state index contributed by atoms with van der Waals surface area (Å²) in [6.45, 7) is 0. The van der Waals surface area contributed by atoms with E-state index in [9.17, 15) is 8.78 Å². The summed E-state index contributed by atoms with van der Waals surface area (Å²) in [5, 5.41) is 4.44. The summed E-state index contributed by atoms with van der Waals surface area (Å²) in [7, 11) is 0. The molecule has 0 aliphatic rings. The molecule has 58 heavy (non-hydrogen) atoms. The molecule has 0 radical (unpaired) electrons. The van der Waals surface area contributed by atoms with Crippen LogP contribution in [0.15, 0.2) is 188 Å². The third-order valence-electron chi connectivity index (χ3n) is 10.9. The fraction of sp³-hybridized carbons (Fsp3) is 0. The van der Waals surface area contributed by atoms with Crippen molar-refractivity contribution in [1.29, 1.82) is 0 Å². The summed E-state index contributed by atoms with van der Waals surface area (Å²) < 4.78 is 32.0. The zero-order chi connectivity index (χ0) is 38.7. The fourth-order valence-electron chi connectivity index (χ4n) is 8.18. The Labute approximate surface area is 331 Å². The lowest BCUT2D eigenvalue weighted by Gasteiger charge is -2.13. The van der Waals surface area contributed by atoms with Crippen LogP contribution in [0.5, 0.6) is 0 Å². The number of para-hydroxylation sites is 3. The van der Waals surface area contributed by atoms with Crippen LogP contribution < -0.4 is 0 Å². The molecule has 0 spiro atoms. The van der Waals surface area contributed by atoms with Crippen LogP contribution in [0.4, 0.5) is 8.78 Å². The molecule has 274 valence electrons. The molecule has 0 aliphatic carbocycles. The van der Waals surface area contributed by atoms with Crippen molar-refractivity contribution in [3.63, 3.8) is 0 Å². The van der Waals surface area contributed by atoms with Gasteiger partial charge in [-0.15, -0.1) is 0 Å². The van der Waals surface area contributed by atoms with Gasteiger partial charge in [-0.2, -0.15) is 9.97 Å². The largest absolute Gasteiger partial charge is 0.307 e. The molecule has 0 saturated heterocycles. The van der Waals surface area contributed by atoms with Gasteiger partial charge in [0.05, 0.1) is 22.1 Å². The minimum atomic E-state index is -0.275. The third kappa shape index (κ3) is 5.55. The van der Waals surface area contributed by atoms with Crippen molar-refractivity contribution in [2.45, 2.75) is 0 Å². The molecule has 11 rings (SSSR count). The average molecular weight is 752 g/mol. The van der Waals surface area contributed by atoms with E-state index in [-0.39, 0.29) is 11.6 Å². The first kappa shape index (κ1) is 33.6. The Morgan fingerprint density at radius 3 is 1.17 bits per heavy atom. The van der Waals surface area contributed by atoms with Crippen LogP contribution >= 0.6 is 0 Å². The van der Waals surface area contributed by atoms with Gasteiger partial charge < -0.3 is 4.57 Å². The smallest absolute Gasteiger partial charge is 0.238 e. The molecule has 8 aromatic carbocycles. The van der Waals surface area contributed by atoms with Crippen LogP contribution in [0, 0.1) is 11.6 Å². The Morgan fingerprint density at radius 2 is 0.690 bits per heavy atom. The van der Waals surface area contributed by atoms with Crippen LogP contribution in [0.2, 0.25) is 0 Å². The van der Waals surface area contributed by atoms with Crippen molar-refractivity contribution in [3.8, 4) is 56.7 Å². The Morgan fingerprint density at radius 1 is 0.310 bits per heavy atom. The predicted molar refractivity (Wildman–Crippen MR) is 230 cm³/mol. The van der Waals surface area contributed by atoms with Crippen molar-refractivity contribution < 1.29 is 8.78 Å². The van der Waals surface area contributed by atoms with Gasteiger partial charge in [-0.25, -0.2) is 13.8 Å². The lowest BCUT2D eigenvalue weighted by Crippen LogP contribution is -2.07. The Bertz CT molecular complexity index is 3210. The van der Waals surface area contributed by atoms with E-state index in [1.54, 1.807) is 24.3 Å². The van der Waals surface area contributed by atoms with Crippen molar-refractivity contribution >= 4 is 43.6 Å². The highest BCUT2D eigenvalue weighted by atomic mass is 19.1. The quantitative estimate of drug-likeness (QED) is 0.170. The first-order valence-electron chi connectivity index (χ1n) is 19.1. The first-order valence-corrected chi connectivity index (χ1v) is 19.1. The van der Waals surface area contributed by atoms with Crippen LogP contribution in [-0.2, 0) is 0 Å². The molecule has 0 N–H and O–H groups in total. The van der Waals surface area contributed by atoms with E-state index in [0.717, 1.165) is 82.7 Å². The molecule has 3 heterocycles. The van der Waals surface area contributed by atoms with E-state index in [1.807, 2.05) is 60.7 Å². The molecule has 0 amide bonds. The molecule has 0 bridgehead atoms. The second-order valence-electron chi connectivity index (χ2n) is 14.3. The van der Waals surface area contributed by atoms with Gasteiger partial charge in [-0.05, 0) is 70.8 Å². The van der Waals surface area contributed by atoms with Gasteiger partial charge >= 0.3 is 0 Å². The summed E-state index contributed by atoms with van der Waals surface area (Å²) in [6.07, 6.45) is 0. The van der Waals surface area contributed by atoms with E-state index in [1.165, 1.54) is 24.3 Å². The van der Waals surface area contributed by atoms with Crippen molar-refractivity contribution in [3.05, 3.63) is 200 Å². The maximum atomic E-state index is 13.7. The number of hydrogen-bond acceptors (Lipinski definition) is 3. The molecule has 0 atom stereocenters. The number of fused-ring (bicyclic) bond motifs is 7. The molecule has 0 unspecified atom stereocenters. The van der Waals surface area contributed by atoms with Crippen LogP contribution in [-0.4, -0.2) is 24.1 Å². The Kier molecular flexibility index (Phi) is 7.79. The first-order chi connectivity index (χ1) is 28.6.